The highest BCUT2D eigenvalue weighted by Crippen LogP contribution is 2.20. The fourth-order valence-electron chi connectivity index (χ4n) is 1.53. The lowest BCUT2D eigenvalue weighted by Crippen LogP contribution is -2.39. The minimum atomic E-state index is -0.235. The van der Waals surface area contributed by atoms with Crippen LogP contribution >= 0.6 is 11.6 Å². The van der Waals surface area contributed by atoms with Gasteiger partial charge in [0.05, 0.1) is 6.04 Å². The van der Waals surface area contributed by atoms with Crippen molar-refractivity contribution in [3.8, 4) is 0 Å². The molecule has 0 saturated heterocycles. The maximum atomic E-state index is 12.0. The van der Waals surface area contributed by atoms with Crippen LogP contribution in [0.3, 0.4) is 0 Å². The molecule has 80 valence electrons. The molecule has 0 radical (unpaired) electrons. The Bertz CT molecular complexity index is 335. The minimum Gasteiger partial charge on any atom is -0.303 e. The van der Waals surface area contributed by atoms with Crippen molar-refractivity contribution >= 4 is 17.4 Å². The van der Waals surface area contributed by atoms with Crippen LogP contribution in [0.25, 0.3) is 0 Å². The normalized spacial score (nSPS) is 17.4. The number of halogens is 1. The highest BCUT2D eigenvalue weighted by atomic mass is 35.5. The first-order valence-corrected chi connectivity index (χ1v) is 5.76. The van der Waals surface area contributed by atoms with Gasteiger partial charge in [0.25, 0.3) is 0 Å². The average molecular weight is 224 g/mol. The van der Waals surface area contributed by atoms with Gasteiger partial charge in [-0.1, -0.05) is 30.3 Å². The van der Waals surface area contributed by atoms with Gasteiger partial charge in [0.2, 0.25) is 0 Å². The van der Waals surface area contributed by atoms with E-state index < -0.39 is 0 Å². The predicted octanol–water partition coefficient (Wildman–Crippen LogP) is 2.23. The molecule has 0 heterocycles. The molecule has 0 bridgehead atoms. The van der Waals surface area contributed by atoms with Crippen molar-refractivity contribution in [3.05, 3.63) is 35.9 Å². The molecule has 1 fully saturated rings. The summed E-state index contributed by atoms with van der Waals surface area (Å²) < 4.78 is 0. The Morgan fingerprint density at radius 2 is 2.07 bits per heavy atom. The van der Waals surface area contributed by atoms with Gasteiger partial charge in [-0.3, -0.25) is 4.79 Å². The lowest BCUT2D eigenvalue weighted by molar-refractivity contribution is 0.0951. The smallest absolute Gasteiger partial charge is 0.180 e. The van der Waals surface area contributed by atoms with Gasteiger partial charge in [0.15, 0.2) is 5.78 Å². The summed E-state index contributed by atoms with van der Waals surface area (Å²) >= 11 is 5.80. The number of benzene rings is 1. The number of ketones is 1. The Labute approximate surface area is 94.6 Å². The van der Waals surface area contributed by atoms with E-state index in [1.165, 1.54) is 0 Å². The van der Waals surface area contributed by atoms with Crippen molar-refractivity contribution in [2.75, 3.05) is 5.88 Å². The summed E-state index contributed by atoms with van der Waals surface area (Å²) in [6, 6.07) is 9.57. The average Bonchev–Trinajstić information content (AvgIpc) is 3.10. The van der Waals surface area contributed by atoms with Gasteiger partial charge in [0, 0.05) is 17.5 Å². The first-order chi connectivity index (χ1) is 7.31. The quantitative estimate of drug-likeness (QED) is 0.613. The minimum absolute atomic E-state index is 0.0949. The molecule has 15 heavy (non-hydrogen) atoms. The van der Waals surface area contributed by atoms with Crippen LogP contribution in [0.5, 0.6) is 0 Å². The third kappa shape index (κ3) is 2.80. The third-order valence-corrected chi connectivity index (χ3v) is 2.85. The van der Waals surface area contributed by atoms with Crippen LogP contribution in [0.15, 0.2) is 30.3 Å². The monoisotopic (exact) mass is 223 g/mol. The summed E-state index contributed by atoms with van der Waals surface area (Å²) in [7, 11) is 0. The third-order valence-electron chi connectivity index (χ3n) is 2.54. The number of nitrogens with one attached hydrogen (secondary N) is 1. The Hall–Kier alpha value is -0.860. The van der Waals surface area contributed by atoms with Crippen LogP contribution in [0.4, 0.5) is 0 Å². The number of hydrogen-bond donors (Lipinski definition) is 1. The maximum Gasteiger partial charge on any atom is 0.180 e. The van der Waals surface area contributed by atoms with Crippen molar-refractivity contribution in [2.45, 2.75) is 24.9 Å². The fourth-order valence-corrected chi connectivity index (χ4v) is 1.76. The van der Waals surface area contributed by atoms with Crippen molar-refractivity contribution in [3.63, 3.8) is 0 Å². The van der Waals surface area contributed by atoms with Crippen LogP contribution in [0, 0.1) is 0 Å². The van der Waals surface area contributed by atoms with Crippen molar-refractivity contribution in [1.29, 1.82) is 0 Å². The van der Waals surface area contributed by atoms with E-state index in [9.17, 15) is 4.79 Å². The SMILES string of the molecule is O=C(c1ccccc1)C(CCl)NC1CC1. The second-order valence-electron chi connectivity index (χ2n) is 3.88. The van der Waals surface area contributed by atoms with Crippen LogP contribution in [-0.2, 0) is 0 Å². The number of carbonyl (C=O) groups excluding carboxylic acids is 1. The topological polar surface area (TPSA) is 29.1 Å². The molecule has 1 saturated carbocycles. The van der Waals surface area contributed by atoms with Crippen molar-refractivity contribution < 1.29 is 4.79 Å². The summed E-state index contributed by atoms with van der Waals surface area (Å²) in [5, 5.41) is 3.26. The maximum absolute atomic E-state index is 12.0. The van der Waals surface area contributed by atoms with E-state index in [2.05, 4.69) is 5.32 Å². The van der Waals surface area contributed by atoms with Gasteiger partial charge in [-0.05, 0) is 12.8 Å². The lowest BCUT2D eigenvalue weighted by atomic mass is 10.1. The summed E-state index contributed by atoms with van der Waals surface area (Å²) in [6.07, 6.45) is 2.32. The molecule has 0 spiro atoms. The molecule has 1 aliphatic rings. The van der Waals surface area contributed by atoms with Gasteiger partial charge < -0.3 is 5.32 Å². The largest absolute Gasteiger partial charge is 0.303 e. The highest BCUT2D eigenvalue weighted by molar-refractivity contribution is 6.21. The zero-order valence-electron chi connectivity index (χ0n) is 8.45. The van der Waals surface area contributed by atoms with Crippen LogP contribution in [-0.4, -0.2) is 23.7 Å². The molecular weight excluding hydrogens is 210 g/mol. The molecule has 0 aromatic heterocycles. The number of Topliss-reactive ketones (excluding diaryl/α,β-unsaturated/α-hetero) is 1. The number of carbonyl (C=O) groups is 1. The molecule has 0 amide bonds. The highest BCUT2D eigenvalue weighted by Gasteiger charge is 2.28. The predicted molar refractivity (Wildman–Crippen MR) is 61.4 cm³/mol. The molecule has 1 unspecified atom stereocenters. The second-order valence-corrected chi connectivity index (χ2v) is 4.19. The molecule has 1 aromatic rings. The van der Waals surface area contributed by atoms with Crippen molar-refractivity contribution in [1.82, 2.24) is 5.32 Å². The van der Waals surface area contributed by atoms with Gasteiger partial charge in [-0.2, -0.15) is 0 Å². The standard InChI is InChI=1S/C12H14ClNO/c13-8-11(14-10-6-7-10)12(15)9-4-2-1-3-5-9/h1-5,10-11,14H,6-8H2. The Kier molecular flexibility index (Phi) is 3.39. The Morgan fingerprint density at radius 1 is 1.40 bits per heavy atom. The molecule has 3 heteroatoms. The number of hydrogen-bond acceptors (Lipinski definition) is 2. The summed E-state index contributed by atoms with van der Waals surface area (Å²) in [5.41, 5.74) is 0.733. The fraction of sp³-hybridized carbons (Fsp3) is 0.417. The van der Waals surface area contributed by atoms with Gasteiger partial charge >= 0.3 is 0 Å². The molecule has 0 aliphatic heterocycles. The zero-order valence-corrected chi connectivity index (χ0v) is 9.20. The van der Waals surface area contributed by atoms with E-state index >= 15 is 0 Å². The van der Waals surface area contributed by atoms with E-state index in [1.807, 2.05) is 30.3 Å². The zero-order chi connectivity index (χ0) is 10.7. The summed E-state index contributed by atoms with van der Waals surface area (Å²) in [6.45, 7) is 0. The van der Waals surface area contributed by atoms with Gasteiger partial charge in [0.1, 0.15) is 0 Å². The van der Waals surface area contributed by atoms with E-state index in [-0.39, 0.29) is 11.8 Å². The molecule has 1 aliphatic carbocycles. The van der Waals surface area contributed by atoms with Crippen molar-refractivity contribution in [2.24, 2.45) is 0 Å². The summed E-state index contributed by atoms with van der Waals surface area (Å²) in [5.74, 6) is 0.432. The van der Waals surface area contributed by atoms with Crippen LogP contribution < -0.4 is 5.32 Å². The molecule has 2 nitrogen and oxygen atoms in total. The van der Waals surface area contributed by atoms with E-state index in [0.29, 0.717) is 11.9 Å². The molecular formula is C12H14ClNO. The van der Waals surface area contributed by atoms with Gasteiger partial charge in [-0.15, -0.1) is 11.6 Å². The lowest BCUT2D eigenvalue weighted by Gasteiger charge is -2.14. The van der Waals surface area contributed by atoms with E-state index in [4.69, 9.17) is 11.6 Å². The van der Waals surface area contributed by atoms with Crippen LogP contribution in [0.2, 0.25) is 0 Å². The first kappa shape index (κ1) is 10.7. The van der Waals surface area contributed by atoms with E-state index in [0.717, 1.165) is 18.4 Å². The Balaban J connectivity index is 2.03. The number of rotatable bonds is 5. The second kappa shape index (κ2) is 4.77. The Morgan fingerprint density at radius 3 is 2.60 bits per heavy atom. The first-order valence-electron chi connectivity index (χ1n) is 5.22. The van der Waals surface area contributed by atoms with E-state index in [1.54, 1.807) is 0 Å². The molecule has 1 aromatic carbocycles. The van der Waals surface area contributed by atoms with Gasteiger partial charge in [-0.25, -0.2) is 0 Å². The molecule has 2 rings (SSSR count). The van der Waals surface area contributed by atoms with Crippen LogP contribution in [0.1, 0.15) is 23.2 Å². The molecule has 1 N–H and O–H groups in total. The molecule has 1 atom stereocenters. The number of alkyl halides is 1. The summed E-state index contributed by atoms with van der Waals surface area (Å²) in [4.78, 5) is 12.0.